The van der Waals surface area contributed by atoms with Crippen LogP contribution in [0, 0.1) is 0 Å². The van der Waals surface area contributed by atoms with Crippen LogP contribution >= 0.6 is 0 Å². The van der Waals surface area contributed by atoms with Crippen molar-refractivity contribution in [1.82, 2.24) is 9.80 Å². The summed E-state index contributed by atoms with van der Waals surface area (Å²) in [5.41, 5.74) is 0. The second-order valence-electron chi connectivity index (χ2n) is 3.14. The van der Waals surface area contributed by atoms with E-state index in [1.807, 2.05) is 0 Å². The number of rotatable bonds is 2. The van der Waals surface area contributed by atoms with Crippen LogP contribution in [0.2, 0.25) is 6.32 Å². The van der Waals surface area contributed by atoms with Crippen LogP contribution in [0.4, 0.5) is 0 Å². The maximum Gasteiger partial charge on any atom is 0.103 e. The molecule has 3 heteroatoms. The van der Waals surface area contributed by atoms with E-state index < -0.39 is 0 Å². The molecule has 0 N–H and O–H groups in total. The van der Waals surface area contributed by atoms with E-state index >= 15 is 0 Å². The molecule has 58 valence electrons. The van der Waals surface area contributed by atoms with Crippen LogP contribution in [0.15, 0.2) is 0 Å². The molecule has 0 amide bonds. The molecule has 0 aromatic rings. The van der Waals surface area contributed by atoms with Gasteiger partial charge in [0.2, 0.25) is 0 Å². The minimum atomic E-state index is 1.25. The molecule has 0 unspecified atom stereocenters. The minimum absolute atomic E-state index is 1.25. The lowest BCUT2D eigenvalue weighted by atomic mass is 10.0. The molecule has 0 bridgehead atoms. The molecule has 0 aromatic carbocycles. The van der Waals surface area contributed by atoms with Crippen LogP contribution < -0.4 is 0 Å². The summed E-state index contributed by atoms with van der Waals surface area (Å²) in [6.45, 7) is 6.32. The van der Waals surface area contributed by atoms with Crippen molar-refractivity contribution in [2.45, 2.75) is 6.32 Å². The van der Waals surface area contributed by atoms with E-state index in [-0.39, 0.29) is 0 Å². The summed E-state index contributed by atoms with van der Waals surface area (Å²) in [7, 11) is 4.45. The Hall–Kier alpha value is -0.0151. The van der Waals surface area contributed by atoms with Gasteiger partial charge in [0.25, 0.3) is 0 Å². The van der Waals surface area contributed by atoms with Crippen molar-refractivity contribution < 1.29 is 0 Å². The zero-order valence-electron chi connectivity index (χ0n) is 7.14. The highest BCUT2D eigenvalue weighted by atomic mass is 15.2. The Bertz CT molecular complexity index is 89.6. The Morgan fingerprint density at radius 2 is 1.80 bits per heavy atom. The van der Waals surface area contributed by atoms with Gasteiger partial charge in [-0.15, -0.1) is 0 Å². The highest BCUT2D eigenvalue weighted by Gasteiger charge is 2.11. The first-order chi connectivity index (χ1) is 4.83. The van der Waals surface area contributed by atoms with Crippen LogP contribution in [-0.4, -0.2) is 57.4 Å². The van der Waals surface area contributed by atoms with Crippen molar-refractivity contribution >= 4 is 7.85 Å². The number of hydrogen-bond acceptors (Lipinski definition) is 2. The topological polar surface area (TPSA) is 6.48 Å². The second kappa shape index (κ2) is 3.99. The molecule has 0 spiro atoms. The predicted octanol–water partition coefficient (Wildman–Crippen LogP) is -0.715. The van der Waals surface area contributed by atoms with E-state index in [1.54, 1.807) is 0 Å². The first-order valence-electron chi connectivity index (χ1n) is 4.24. The molecule has 0 aromatic heterocycles. The molecule has 10 heavy (non-hydrogen) atoms. The molecule has 0 atom stereocenters. The third-order valence-electron chi connectivity index (χ3n) is 2.14. The molecular weight excluding hydrogens is 123 g/mol. The average molecular weight is 140 g/mol. The summed E-state index contributed by atoms with van der Waals surface area (Å²) < 4.78 is 0. The van der Waals surface area contributed by atoms with E-state index in [0.29, 0.717) is 0 Å². The SMILES string of the molecule is BCCN1CCN(C)CC1. The maximum atomic E-state index is 2.54. The van der Waals surface area contributed by atoms with Crippen molar-refractivity contribution in [2.24, 2.45) is 0 Å². The Kier molecular flexibility index (Phi) is 3.22. The highest BCUT2D eigenvalue weighted by Crippen LogP contribution is 1.98. The largest absolute Gasteiger partial charge is 0.304 e. The van der Waals surface area contributed by atoms with Crippen LogP contribution in [0.5, 0.6) is 0 Å². The van der Waals surface area contributed by atoms with Gasteiger partial charge in [-0.3, -0.25) is 0 Å². The smallest absolute Gasteiger partial charge is 0.103 e. The Morgan fingerprint density at radius 3 is 2.30 bits per heavy atom. The van der Waals surface area contributed by atoms with E-state index in [9.17, 15) is 0 Å². The molecule has 1 aliphatic heterocycles. The van der Waals surface area contributed by atoms with Gasteiger partial charge in [0, 0.05) is 26.2 Å². The van der Waals surface area contributed by atoms with Gasteiger partial charge in [0.15, 0.2) is 0 Å². The maximum absolute atomic E-state index is 2.54. The van der Waals surface area contributed by atoms with E-state index in [4.69, 9.17) is 0 Å². The van der Waals surface area contributed by atoms with Crippen LogP contribution in [0.25, 0.3) is 0 Å². The zero-order chi connectivity index (χ0) is 7.40. The third-order valence-corrected chi connectivity index (χ3v) is 2.14. The number of nitrogens with zero attached hydrogens (tertiary/aromatic N) is 2. The minimum Gasteiger partial charge on any atom is -0.304 e. The lowest BCUT2D eigenvalue weighted by Crippen LogP contribution is -2.44. The van der Waals surface area contributed by atoms with Gasteiger partial charge in [-0.25, -0.2) is 0 Å². The summed E-state index contributed by atoms with van der Waals surface area (Å²) in [5.74, 6) is 0. The van der Waals surface area contributed by atoms with Gasteiger partial charge in [0.1, 0.15) is 7.85 Å². The average Bonchev–Trinajstić information content (AvgIpc) is 1.95. The van der Waals surface area contributed by atoms with Gasteiger partial charge < -0.3 is 9.80 Å². The molecule has 0 radical (unpaired) electrons. The first kappa shape index (κ1) is 8.09. The lowest BCUT2D eigenvalue weighted by molar-refractivity contribution is 0.160. The zero-order valence-corrected chi connectivity index (χ0v) is 7.14. The Balaban J connectivity index is 2.13. The second-order valence-corrected chi connectivity index (χ2v) is 3.14. The summed E-state index contributed by atoms with van der Waals surface area (Å²) in [4.78, 5) is 4.94. The van der Waals surface area contributed by atoms with Crippen molar-refractivity contribution in [1.29, 1.82) is 0 Å². The van der Waals surface area contributed by atoms with E-state index in [2.05, 4.69) is 24.7 Å². The monoisotopic (exact) mass is 140 g/mol. The fourth-order valence-corrected chi connectivity index (χ4v) is 1.39. The van der Waals surface area contributed by atoms with Gasteiger partial charge in [-0.2, -0.15) is 0 Å². The summed E-state index contributed by atoms with van der Waals surface area (Å²) >= 11 is 0. The fourth-order valence-electron chi connectivity index (χ4n) is 1.39. The highest BCUT2D eigenvalue weighted by molar-refractivity contribution is 6.08. The normalized spacial score (nSPS) is 23.3. The van der Waals surface area contributed by atoms with Crippen molar-refractivity contribution in [3.63, 3.8) is 0 Å². The number of hydrogen-bond donors (Lipinski definition) is 0. The number of piperazine rings is 1. The van der Waals surface area contributed by atoms with Gasteiger partial charge in [0.05, 0.1) is 0 Å². The Morgan fingerprint density at radius 1 is 1.20 bits per heavy atom. The molecule has 1 fully saturated rings. The molecule has 1 heterocycles. The molecule has 1 saturated heterocycles. The lowest BCUT2D eigenvalue weighted by Gasteiger charge is -2.31. The van der Waals surface area contributed by atoms with Crippen LogP contribution in [0.1, 0.15) is 0 Å². The summed E-state index contributed by atoms with van der Waals surface area (Å²) in [6.07, 6.45) is 1.30. The van der Waals surface area contributed by atoms with Gasteiger partial charge >= 0.3 is 0 Å². The number of likely N-dealkylation sites (N-methyl/N-ethyl adjacent to an activating group) is 1. The molecule has 0 aliphatic carbocycles. The molecule has 1 aliphatic rings. The van der Waals surface area contributed by atoms with Crippen LogP contribution in [0.3, 0.4) is 0 Å². The molecular formula is C7H17BN2. The summed E-state index contributed by atoms with van der Waals surface area (Å²) in [5, 5.41) is 0. The Labute approximate surface area is 64.6 Å². The molecule has 1 rings (SSSR count). The van der Waals surface area contributed by atoms with Gasteiger partial charge in [-0.1, -0.05) is 6.32 Å². The van der Waals surface area contributed by atoms with Crippen molar-refractivity contribution in [3.8, 4) is 0 Å². The van der Waals surface area contributed by atoms with Crippen molar-refractivity contribution in [2.75, 3.05) is 39.8 Å². The summed E-state index contributed by atoms with van der Waals surface area (Å²) in [6, 6.07) is 0. The standard InChI is InChI=1S/C7H17BN2/c1-9-4-6-10(3-2-8)7-5-9/h2-8H2,1H3. The first-order valence-corrected chi connectivity index (χ1v) is 4.24. The molecule has 0 saturated carbocycles. The van der Waals surface area contributed by atoms with Gasteiger partial charge in [-0.05, 0) is 13.6 Å². The van der Waals surface area contributed by atoms with Crippen molar-refractivity contribution in [3.05, 3.63) is 0 Å². The van der Waals surface area contributed by atoms with E-state index in [0.717, 1.165) is 0 Å². The van der Waals surface area contributed by atoms with E-state index in [1.165, 1.54) is 39.0 Å². The fraction of sp³-hybridized carbons (Fsp3) is 1.00. The predicted molar refractivity (Wildman–Crippen MR) is 47.3 cm³/mol. The molecule has 2 nitrogen and oxygen atoms in total. The van der Waals surface area contributed by atoms with Crippen LogP contribution in [-0.2, 0) is 0 Å². The quantitative estimate of drug-likeness (QED) is 0.467. The third kappa shape index (κ3) is 2.31.